The first kappa shape index (κ1) is 9.90. The molecule has 0 bridgehead atoms. The van der Waals surface area contributed by atoms with Crippen LogP contribution in [0.1, 0.15) is 41.0 Å². The number of carbonyl (C=O) groups is 2. The highest BCUT2D eigenvalue weighted by Gasteiger charge is 2.37. The van der Waals surface area contributed by atoms with Gasteiger partial charge in [-0.25, -0.2) is 0 Å². The summed E-state index contributed by atoms with van der Waals surface area (Å²) in [7, 11) is 0. The third-order valence-corrected chi connectivity index (χ3v) is 2.86. The van der Waals surface area contributed by atoms with Gasteiger partial charge in [-0.1, -0.05) is 19.1 Å². The number of benzene rings is 1. The zero-order chi connectivity index (χ0) is 11.0. The molecule has 3 nitrogen and oxygen atoms in total. The van der Waals surface area contributed by atoms with Crippen molar-refractivity contribution in [1.29, 1.82) is 0 Å². The fraction of sp³-hybridized carbons (Fsp3) is 0.333. The van der Waals surface area contributed by atoms with Crippen molar-refractivity contribution in [3.8, 4) is 0 Å². The third-order valence-electron chi connectivity index (χ3n) is 2.86. The number of fused-ring (bicyclic) bond motifs is 1. The predicted molar refractivity (Wildman–Crippen MR) is 56.7 cm³/mol. The minimum Gasteiger partial charge on any atom is -0.272 e. The lowest BCUT2D eigenvalue weighted by molar-refractivity contribution is 0.0593. The first-order chi connectivity index (χ1) is 7.16. The van der Waals surface area contributed by atoms with Gasteiger partial charge in [-0.05, 0) is 25.5 Å². The quantitative estimate of drug-likeness (QED) is 0.690. The van der Waals surface area contributed by atoms with Crippen molar-refractivity contribution in [1.82, 2.24) is 4.90 Å². The van der Waals surface area contributed by atoms with Gasteiger partial charge >= 0.3 is 0 Å². The summed E-state index contributed by atoms with van der Waals surface area (Å²) in [5, 5.41) is 0. The van der Waals surface area contributed by atoms with Gasteiger partial charge in [0.15, 0.2) is 0 Å². The predicted octanol–water partition coefficient (Wildman–Crippen LogP) is 2.08. The van der Waals surface area contributed by atoms with E-state index >= 15 is 0 Å². The fourth-order valence-corrected chi connectivity index (χ4v) is 1.79. The zero-order valence-electron chi connectivity index (χ0n) is 8.86. The smallest absolute Gasteiger partial charge is 0.261 e. The summed E-state index contributed by atoms with van der Waals surface area (Å²) in [5.74, 6) is -0.324. The van der Waals surface area contributed by atoms with Crippen molar-refractivity contribution < 1.29 is 9.59 Å². The van der Waals surface area contributed by atoms with E-state index in [1.54, 1.807) is 24.3 Å². The average molecular weight is 203 g/mol. The minimum atomic E-state index is -0.162. The number of carbonyl (C=O) groups excluding carboxylic acids is 2. The molecule has 15 heavy (non-hydrogen) atoms. The standard InChI is InChI=1S/C12H13NO2/c1-3-8(2)13-11(14)9-6-4-5-7-10(9)12(13)15/h4-8H,3H2,1-2H3/t8-/m1/s1. The molecule has 0 fully saturated rings. The lowest BCUT2D eigenvalue weighted by atomic mass is 10.1. The van der Waals surface area contributed by atoms with Gasteiger partial charge < -0.3 is 0 Å². The van der Waals surface area contributed by atoms with Crippen LogP contribution in [0.25, 0.3) is 0 Å². The van der Waals surface area contributed by atoms with E-state index in [4.69, 9.17) is 0 Å². The molecule has 0 spiro atoms. The second kappa shape index (κ2) is 3.50. The van der Waals surface area contributed by atoms with Crippen LogP contribution in [0, 0.1) is 0 Å². The summed E-state index contributed by atoms with van der Waals surface area (Å²) in [6.45, 7) is 3.86. The molecule has 1 atom stereocenters. The van der Waals surface area contributed by atoms with Crippen LogP contribution >= 0.6 is 0 Å². The number of nitrogens with zero attached hydrogens (tertiary/aromatic N) is 1. The number of rotatable bonds is 2. The monoisotopic (exact) mass is 203 g/mol. The molecular weight excluding hydrogens is 190 g/mol. The number of hydrogen-bond donors (Lipinski definition) is 0. The van der Waals surface area contributed by atoms with Crippen LogP contribution in [0.4, 0.5) is 0 Å². The van der Waals surface area contributed by atoms with E-state index in [1.807, 2.05) is 13.8 Å². The SMILES string of the molecule is CC[C@@H](C)N1C(=O)c2ccccc2C1=O. The van der Waals surface area contributed by atoms with Gasteiger partial charge in [0.2, 0.25) is 0 Å². The van der Waals surface area contributed by atoms with E-state index in [2.05, 4.69) is 0 Å². The Bertz CT molecular complexity index is 390. The van der Waals surface area contributed by atoms with Crippen molar-refractivity contribution in [2.24, 2.45) is 0 Å². The van der Waals surface area contributed by atoms with Gasteiger partial charge in [0.05, 0.1) is 11.1 Å². The highest BCUT2D eigenvalue weighted by atomic mass is 16.2. The van der Waals surface area contributed by atoms with Crippen LogP contribution in [-0.4, -0.2) is 22.8 Å². The molecule has 1 aromatic carbocycles. The van der Waals surface area contributed by atoms with Crippen LogP contribution in [0.15, 0.2) is 24.3 Å². The normalized spacial score (nSPS) is 16.8. The molecule has 1 aromatic rings. The van der Waals surface area contributed by atoms with Crippen LogP contribution in [-0.2, 0) is 0 Å². The zero-order valence-corrected chi connectivity index (χ0v) is 8.86. The van der Waals surface area contributed by atoms with Crippen molar-refractivity contribution in [2.75, 3.05) is 0 Å². The Labute approximate surface area is 88.7 Å². The third kappa shape index (κ3) is 1.35. The van der Waals surface area contributed by atoms with Crippen LogP contribution in [0.2, 0.25) is 0 Å². The van der Waals surface area contributed by atoms with Gasteiger partial charge in [0.25, 0.3) is 11.8 Å². The molecule has 1 aliphatic heterocycles. The molecule has 0 aromatic heterocycles. The van der Waals surface area contributed by atoms with Gasteiger partial charge in [-0.2, -0.15) is 0 Å². The fourth-order valence-electron chi connectivity index (χ4n) is 1.79. The summed E-state index contributed by atoms with van der Waals surface area (Å²) < 4.78 is 0. The van der Waals surface area contributed by atoms with Crippen molar-refractivity contribution >= 4 is 11.8 Å². The molecule has 1 heterocycles. The van der Waals surface area contributed by atoms with Crippen LogP contribution < -0.4 is 0 Å². The topological polar surface area (TPSA) is 37.4 Å². The molecule has 0 N–H and O–H groups in total. The van der Waals surface area contributed by atoms with Gasteiger partial charge in [-0.15, -0.1) is 0 Å². The maximum Gasteiger partial charge on any atom is 0.261 e. The lowest BCUT2D eigenvalue weighted by Crippen LogP contribution is -2.37. The van der Waals surface area contributed by atoms with Crippen molar-refractivity contribution in [3.63, 3.8) is 0 Å². The summed E-state index contributed by atoms with van der Waals surface area (Å²) in [4.78, 5) is 25.2. The second-order valence-corrected chi connectivity index (χ2v) is 3.78. The molecule has 0 saturated carbocycles. The molecule has 0 saturated heterocycles. The molecule has 2 amide bonds. The van der Waals surface area contributed by atoms with E-state index in [-0.39, 0.29) is 17.9 Å². The molecule has 0 radical (unpaired) electrons. The molecule has 3 heteroatoms. The van der Waals surface area contributed by atoms with Crippen molar-refractivity contribution in [3.05, 3.63) is 35.4 Å². The molecule has 2 rings (SSSR count). The van der Waals surface area contributed by atoms with Crippen LogP contribution in [0.5, 0.6) is 0 Å². The van der Waals surface area contributed by atoms with Gasteiger partial charge in [0, 0.05) is 6.04 Å². The van der Waals surface area contributed by atoms with E-state index in [1.165, 1.54) is 4.90 Å². The Morgan fingerprint density at radius 2 is 1.60 bits per heavy atom. The van der Waals surface area contributed by atoms with E-state index in [0.717, 1.165) is 6.42 Å². The Balaban J connectivity index is 2.45. The van der Waals surface area contributed by atoms with Crippen LogP contribution in [0.3, 0.4) is 0 Å². The maximum absolute atomic E-state index is 11.9. The first-order valence-electron chi connectivity index (χ1n) is 5.13. The van der Waals surface area contributed by atoms with E-state index in [9.17, 15) is 9.59 Å². The highest BCUT2D eigenvalue weighted by Crippen LogP contribution is 2.24. The molecular formula is C12H13NO2. The average Bonchev–Trinajstić information content (AvgIpc) is 2.52. The maximum atomic E-state index is 11.9. The van der Waals surface area contributed by atoms with Crippen molar-refractivity contribution in [2.45, 2.75) is 26.3 Å². The lowest BCUT2D eigenvalue weighted by Gasteiger charge is -2.20. The number of hydrogen-bond acceptors (Lipinski definition) is 2. The number of amides is 2. The first-order valence-corrected chi connectivity index (χ1v) is 5.13. The van der Waals surface area contributed by atoms with Gasteiger partial charge in [-0.3, -0.25) is 14.5 Å². The molecule has 78 valence electrons. The molecule has 0 unspecified atom stereocenters. The summed E-state index contributed by atoms with van der Waals surface area (Å²) >= 11 is 0. The van der Waals surface area contributed by atoms with Gasteiger partial charge in [0.1, 0.15) is 0 Å². The largest absolute Gasteiger partial charge is 0.272 e. The Kier molecular flexibility index (Phi) is 2.31. The minimum absolute atomic E-state index is 0.0302. The highest BCUT2D eigenvalue weighted by molar-refractivity contribution is 6.21. The second-order valence-electron chi connectivity index (χ2n) is 3.78. The Hall–Kier alpha value is -1.64. The molecule has 0 aliphatic carbocycles. The summed E-state index contributed by atoms with van der Waals surface area (Å²) in [5.41, 5.74) is 1.06. The van der Waals surface area contributed by atoms with E-state index < -0.39 is 0 Å². The Morgan fingerprint density at radius 3 is 2.00 bits per heavy atom. The summed E-state index contributed by atoms with van der Waals surface area (Å²) in [6.07, 6.45) is 0.783. The molecule has 1 aliphatic rings. The van der Waals surface area contributed by atoms with E-state index in [0.29, 0.717) is 11.1 Å². The summed E-state index contributed by atoms with van der Waals surface area (Å²) in [6, 6.07) is 6.95. The number of imide groups is 1. The Morgan fingerprint density at radius 1 is 1.13 bits per heavy atom.